The van der Waals surface area contributed by atoms with E-state index in [9.17, 15) is 18.0 Å². The molecule has 0 aliphatic carbocycles. The van der Waals surface area contributed by atoms with Gasteiger partial charge in [-0.05, 0) is 53.6 Å². The van der Waals surface area contributed by atoms with Crippen LogP contribution in [0.5, 0.6) is 5.75 Å². The summed E-state index contributed by atoms with van der Waals surface area (Å²) in [7, 11) is 0. The fraction of sp³-hybridized carbons (Fsp3) is 0.111. The summed E-state index contributed by atoms with van der Waals surface area (Å²) in [5.41, 5.74) is 0.595. The summed E-state index contributed by atoms with van der Waals surface area (Å²) >= 11 is 0. The van der Waals surface area contributed by atoms with Crippen molar-refractivity contribution in [1.82, 2.24) is 4.98 Å². The van der Waals surface area contributed by atoms with Crippen LogP contribution < -0.4 is 10.1 Å². The topological polar surface area (TPSA) is 51.2 Å². The molecule has 0 saturated heterocycles. The molecule has 4 aromatic rings. The zero-order chi connectivity index (χ0) is 24.0. The number of aromatic nitrogens is 1. The Hall–Kier alpha value is -4.13. The standard InChI is InChI=1S/C27H21F3N2O2/c28-27(29,30)24-11-6-10-23(19-7-2-1-3-8-19)25(24)26(33)32-21-12-14-22(15-13-21)34-18-16-20-9-4-5-17-31-20/h1-15,17H,16,18H2,(H,32,33). The lowest BCUT2D eigenvalue weighted by molar-refractivity contribution is -0.137. The first kappa shape index (κ1) is 23.0. The quantitative estimate of drug-likeness (QED) is 0.335. The van der Waals surface area contributed by atoms with E-state index < -0.39 is 23.2 Å². The van der Waals surface area contributed by atoms with Crippen LogP contribution in [0.4, 0.5) is 18.9 Å². The third kappa shape index (κ3) is 5.61. The Balaban J connectivity index is 1.51. The largest absolute Gasteiger partial charge is 0.493 e. The van der Waals surface area contributed by atoms with Crippen molar-refractivity contribution in [3.8, 4) is 16.9 Å². The van der Waals surface area contributed by atoms with E-state index in [1.165, 1.54) is 12.1 Å². The molecular formula is C27H21F3N2O2. The van der Waals surface area contributed by atoms with E-state index in [1.54, 1.807) is 60.8 Å². The van der Waals surface area contributed by atoms with Crippen molar-refractivity contribution in [1.29, 1.82) is 0 Å². The van der Waals surface area contributed by atoms with E-state index in [0.717, 1.165) is 11.8 Å². The lowest BCUT2D eigenvalue weighted by Gasteiger charge is -2.17. The zero-order valence-electron chi connectivity index (χ0n) is 18.0. The molecule has 0 aliphatic rings. The molecule has 0 radical (unpaired) electrons. The number of carbonyl (C=O) groups is 1. The average molecular weight is 462 g/mol. The zero-order valence-corrected chi connectivity index (χ0v) is 18.0. The normalized spacial score (nSPS) is 11.1. The van der Waals surface area contributed by atoms with Crippen LogP contribution >= 0.6 is 0 Å². The molecule has 1 aromatic heterocycles. The summed E-state index contributed by atoms with van der Waals surface area (Å²) in [6, 6.07) is 24.4. The number of halogens is 3. The minimum absolute atomic E-state index is 0.211. The van der Waals surface area contributed by atoms with Gasteiger partial charge in [0, 0.05) is 24.0 Å². The van der Waals surface area contributed by atoms with Crippen LogP contribution in [0.1, 0.15) is 21.6 Å². The SMILES string of the molecule is O=C(Nc1ccc(OCCc2ccccn2)cc1)c1c(-c2ccccc2)cccc1C(F)(F)F. The van der Waals surface area contributed by atoms with Crippen molar-refractivity contribution < 1.29 is 22.7 Å². The Kier molecular flexibility index (Phi) is 6.92. The number of alkyl halides is 3. The van der Waals surface area contributed by atoms with E-state index >= 15 is 0 Å². The molecule has 0 aliphatic heterocycles. The number of pyridine rings is 1. The fourth-order valence-electron chi connectivity index (χ4n) is 3.54. The van der Waals surface area contributed by atoms with Crippen LogP contribution in [0, 0.1) is 0 Å². The molecule has 1 N–H and O–H groups in total. The van der Waals surface area contributed by atoms with Gasteiger partial charge in [-0.3, -0.25) is 9.78 Å². The Morgan fingerprint density at radius 3 is 2.26 bits per heavy atom. The van der Waals surface area contributed by atoms with Crippen molar-refractivity contribution in [2.24, 2.45) is 0 Å². The predicted molar refractivity (Wildman–Crippen MR) is 125 cm³/mol. The molecule has 1 amide bonds. The summed E-state index contributed by atoms with van der Waals surface area (Å²) in [6.07, 6.45) is -2.33. The molecule has 7 heteroatoms. The Morgan fingerprint density at radius 2 is 1.59 bits per heavy atom. The smallest absolute Gasteiger partial charge is 0.417 e. The molecule has 34 heavy (non-hydrogen) atoms. The Morgan fingerprint density at radius 1 is 0.853 bits per heavy atom. The monoisotopic (exact) mass is 462 g/mol. The van der Waals surface area contributed by atoms with Gasteiger partial charge in [0.15, 0.2) is 0 Å². The molecule has 172 valence electrons. The van der Waals surface area contributed by atoms with E-state index in [2.05, 4.69) is 10.3 Å². The van der Waals surface area contributed by atoms with Crippen LogP contribution in [-0.2, 0) is 12.6 Å². The van der Waals surface area contributed by atoms with Crippen molar-refractivity contribution >= 4 is 11.6 Å². The first-order valence-electron chi connectivity index (χ1n) is 10.6. The highest BCUT2D eigenvalue weighted by Gasteiger charge is 2.36. The molecule has 3 aromatic carbocycles. The van der Waals surface area contributed by atoms with Gasteiger partial charge in [-0.2, -0.15) is 13.2 Å². The van der Waals surface area contributed by atoms with Crippen LogP contribution in [0.15, 0.2) is 97.2 Å². The van der Waals surface area contributed by atoms with Crippen LogP contribution in [-0.4, -0.2) is 17.5 Å². The second-order valence-corrected chi connectivity index (χ2v) is 7.49. The number of nitrogens with zero attached hydrogens (tertiary/aromatic N) is 1. The van der Waals surface area contributed by atoms with Gasteiger partial charge in [0.2, 0.25) is 0 Å². The van der Waals surface area contributed by atoms with Gasteiger partial charge in [-0.25, -0.2) is 0 Å². The average Bonchev–Trinajstić information content (AvgIpc) is 2.85. The lowest BCUT2D eigenvalue weighted by Crippen LogP contribution is -2.20. The highest BCUT2D eigenvalue weighted by Crippen LogP contribution is 2.37. The maximum absolute atomic E-state index is 13.7. The van der Waals surface area contributed by atoms with Gasteiger partial charge in [0.25, 0.3) is 5.91 Å². The van der Waals surface area contributed by atoms with Crippen LogP contribution in [0.3, 0.4) is 0 Å². The highest BCUT2D eigenvalue weighted by atomic mass is 19.4. The molecule has 0 bridgehead atoms. The van der Waals surface area contributed by atoms with E-state index in [-0.39, 0.29) is 5.56 Å². The highest BCUT2D eigenvalue weighted by molar-refractivity contribution is 6.10. The van der Waals surface area contributed by atoms with Gasteiger partial charge in [0.1, 0.15) is 5.75 Å². The number of benzene rings is 3. The van der Waals surface area contributed by atoms with Gasteiger partial charge in [0.05, 0.1) is 17.7 Å². The Bertz CT molecular complexity index is 1240. The number of amides is 1. The number of ether oxygens (including phenoxy) is 1. The molecular weight excluding hydrogens is 441 g/mol. The van der Waals surface area contributed by atoms with Crippen molar-refractivity contribution in [3.63, 3.8) is 0 Å². The lowest BCUT2D eigenvalue weighted by atomic mass is 9.94. The molecule has 0 saturated carbocycles. The minimum Gasteiger partial charge on any atom is -0.493 e. The number of hydrogen-bond acceptors (Lipinski definition) is 3. The van der Waals surface area contributed by atoms with E-state index in [4.69, 9.17) is 4.74 Å². The number of hydrogen-bond donors (Lipinski definition) is 1. The summed E-state index contributed by atoms with van der Waals surface area (Å²) < 4.78 is 46.9. The summed E-state index contributed by atoms with van der Waals surface area (Å²) in [5, 5.41) is 2.59. The summed E-state index contributed by atoms with van der Waals surface area (Å²) in [6.45, 7) is 0.419. The molecule has 4 rings (SSSR count). The van der Waals surface area contributed by atoms with Crippen molar-refractivity contribution in [2.75, 3.05) is 11.9 Å². The van der Waals surface area contributed by atoms with Crippen LogP contribution in [0.25, 0.3) is 11.1 Å². The number of anilines is 1. The second-order valence-electron chi connectivity index (χ2n) is 7.49. The van der Waals surface area contributed by atoms with Gasteiger partial charge in [-0.15, -0.1) is 0 Å². The van der Waals surface area contributed by atoms with Crippen molar-refractivity contribution in [2.45, 2.75) is 12.6 Å². The molecule has 1 heterocycles. The molecule has 0 spiro atoms. The van der Waals surface area contributed by atoms with Gasteiger partial charge in [-0.1, -0.05) is 48.5 Å². The van der Waals surface area contributed by atoms with E-state index in [0.29, 0.717) is 30.0 Å². The second kappa shape index (κ2) is 10.2. The van der Waals surface area contributed by atoms with Crippen molar-refractivity contribution in [3.05, 3.63) is 114 Å². The first-order valence-corrected chi connectivity index (χ1v) is 10.6. The summed E-state index contributed by atoms with van der Waals surface area (Å²) in [5.74, 6) is -0.259. The van der Waals surface area contributed by atoms with Crippen LogP contribution in [0.2, 0.25) is 0 Å². The van der Waals surface area contributed by atoms with Gasteiger partial charge < -0.3 is 10.1 Å². The number of rotatable bonds is 7. The van der Waals surface area contributed by atoms with E-state index in [1.807, 2.05) is 18.2 Å². The molecule has 0 unspecified atom stereocenters. The van der Waals surface area contributed by atoms with Gasteiger partial charge >= 0.3 is 6.18 Å². The molecule has 4 nitrogen and oxygen atoms in total. The first-order chi connectivity index (χ1) is 16.4. The molecule has 0 fully saturated rings. The minimum atomic E-state index is -4.68. The number of carbonyl (C=O) groups excluding carboxylic acids is 1. The maximum Gasteiger partial charge on any atom is 0.417 e. The predicted octanol–water partition coefficient (Wildman–Crippen LogP) is 6.64. The molecule has 0 atom stereocenters. The third-order valence-electron chi connectivity index (χ3n) is 5.15. The fourth-order valence-corrected chi connectivity index (χ4v) is 3.54. The maximum atomic E-state index is 13.7. The third-order valence-corrected chi connectivity index (χ3v) is 5.15. The number of nitrogens with one attached hydrogen (secondary N) is 1. The summed E-state index contributed by atoms with van der Waals surface area (Å²) in [4.78, 5) is 17.3. The Labute approximate surface area is 195 Å².